The first-order valence-electron chi connectivity index (χ1n) is 7.72. The van der Waals surface area contributed by atoms with E-state index in [1.54, 1.807) is 12.1 Å². The predicted molar refractivity (Wildman–Crippen MR) is 87.5 cm³/mol. The molecule has 1 aromatic heterocycles. The first-order chi connectivity index (χ1) is 11.2. The molecular weight excluding hydrogens is 290 g/mol. The minimum atomic E-state index is 0.102. The van der Waals surface area contributed by atoms with Gasteiger partial charge in [0.15, 0.2) is 0 Å². The molecule has 0 aliphatic heterocycles. The average Bonchev–Trinajstić information content (AvgIpc) is 3.24. The van der Waals surface area contributed by atoms with Crippen LogP contribution in [-0.2, 0) is 0 Å². The van der Waals surface area contributed by atoms with Crippen LogP contribution in [0.1, 0.15) is 29.4 Å². The summed E-state index contributed by atoms with van der Waals surface area (Å²) >= 11 is 0. The molecule has 5 rings (SSSR count). The van der Waals surface area contributed by atoms with Crippen LogP contribution in [0.5, 0.6) is 17.5 Å². The lowest BCUT2D eigenvalue weighted by Gasteiger charge is -2.13. The molecule has 23 heavy (non-hydrogen) atoms. The largest absolute Gasteiger partial charge is 0.507 e. The second kappa shape index (κ2) is 4.10. The second-order valence-corrected chi connectivity index (χ2v) is 6.29. The van der Waals surface area contributed by atoms with Gasteiger partial charge < -0.3 is 15.3 Å². The van der Waals surface area contributed by atoms with E-state index < -0.39 is 0 Å². The smallest absolute Gasteiger partial charge is 0.202 e. The molecule has 3 N–H and O–H groups in total. The Morgan fingerprint density at radius 3 is 2.04 bits per heavy atom. The SMILES string of the molecule is Oc1ccc(-n2c(O)c3c(c2O)[C@H]2C=C[C@@H]3C2)c2ccccc12. The third kappa shape index (κ3) is 1.45. The first kappa shape index (κ1) is 12.6. The van der Waals surface area contributed by atoms with Crippen LogP contribution in [0.25, 0.3) is 16.5 Å². The quantitative estimate of drug-likeness (QED) is 0.598. The minimum Gasteiger partial charge on any atom is -0.507 e. The molecule has 4 nitrogen and oxygen atoms in total. The maximum absolute atomic E-state index is 10.7. The number of fused-ring (bicyclic) bond motifs is 6. The van der Waals surface area contributed by atoms with Gasteiger partial charge in [-0.1, -0.05) is 36.4 Å². The maximum atomic E-state index is 10.7. The summed E-state index contributed by atoms with van der Waals surface area (Å²) in [5.41, 5.74) is 2.35. The summed E-state index contributed by atoms with van der Waals surface area (Å²) in [7, 11) is 0. The number of benzene rings is 2. The summed E-state index contributed by atoms with van der Waals surface area (Å²) in [5.74, 6) is 0.760. The van der Waals surface area contributed by atoms with Gasteiger partial charge in [-0.15, -0.1) is 0 Å². The fourth-order valence-corrected chi connectivity index (χ4v) is 4.13. The van der Waals surface area contributed by atoms with Crippen molar-refractivity contribution in [3.8, 4) is 23.2 Å². The number of allylic oxidation sites excluding steroid dienone is 2. The van der Waals surface area contributed by atoms with Crippen LogP contribution in [0.3, 0.4) is 0 Å². The molecule has 0 radical (unpaired) electrons. The lowest BCUT2D eigenvalue weighted by molar-refractivity contribution is 0.396. The van der Waals surface area contributed by atoms with Crippen molar-refractivity contribution < 1.29 is 15.3 Å². The number of hydrogen-bond acceptors (Lipinski definition) is 3. The number of hydrogen-bond donors (Lipinski definition) is 3. The Morgan fingerprint density at radius 2 is 1.39 bits per heavy atom. The van der Waals surface area contributed by atoms with Crippen LogP contribution >= 0.6 is 0 Å². The molecule has 0 spiro atoms. The van der Waals surface area contributed by atoms with Gasteiger partial charge in [0.2, 0.25) is 11.8 Å². The van der Waals surface area contributed by atoms with Crippen molar-refractivity contribution in [3.63, 3.8) is 0 Å². The maximum Gasteiger partial charge on any atom is 0.202 e. The van der Waals surface area contributed by atoms with Gasteiger partial charge in [0.1, 0.15) is 5.75 Å². The molecule has 114 valence electrons. The molecule has 0 fully saturated rings. The molecule has 2 aliphatic carbocycles. The lowest BCUT2D eigenvalue weighted by atomic mass is 10.0. The Labute approximate surface area is 132 Å². The van der Waals surface area contributed by atoms with E-state index in [9.17, 15) is 15.3 Å². The van der Waals surface area contributed by atoms with Crippen molar-refractivity contribution in [3.05, 3.63) is 59.7 Å². The topological polar surface area (TPSA) is 65.6 Å². The van der Waals surface area contributed by atoms with E-state index in [0.29, 0.717) is 11.1 Å². The fraction of sp³-hybridized carbons (Fsp3) is 0.158. The van der Waals surface area contributed by atoms with E-state index in [2.05, 4.69) is 12.2 Å². The van der Waals surface area contributed by atoms with Crippen LogP contribution in [0.2, 0.25) is 0 Å². The first-order valence-corrected chi connectivity index (χ1v) is 7.72. The molecule has 0 amide bonds. The summed E-state index contributed by atoms with van der Waals surface area (Å²) in [6.45, 7) is 0. The second-order valence-electron chi connectivity index (χ2n) is 6.29. The van der Waals surface area contributed by atoms with Gasteiger partial charge in [0.05, 0.1) is 5.69 Å². The minimum absolute atomic E-state index is 0.102. The summed E-state index contributed by atoms with van der Waals surface area (Å²) in [4.78, 5) is 0. The fourth-order valence-electron chi connectivity index (χ4n) is 4.13. The van der Waals surface area contributed by atoms with E-state index >= 15 is 0 Å². The van der Waals surface area contributed by atoms with Crippen molar-refractivity contribution in [1.29, 1.82) is 0 Å². The molecule has 1 heterocycles. The number of aromatic nitrogens is 1. The Bertz CT molecular complexity index is 964. The highest BCUT2D eigenvalue weighted by atomic mass is 16.3. The van der Waals surface area contributed by atoms with Crippen molar-refractivity contribution >= 4 is 10.8 Å². The van der Waals surface area contributed by atoms with Gasteiger partial charge in [0, 0.05) is 33.7 Å². The van der Waals surface area contributed by atoms with Gasteiger partial charge in [-0.2, -0.15) is 0 Å². The van der Waals surface area contributed by atoms with E-state index in [0.717, 1.165) is 22.9 Å². The normalized spacial score (nSPS) is 21.2. The van der Waals surface area contributed by atoms with E-state index in [-0.39, 0.29) is 29.3 Å². The molecule has 0 saturated carbocycles. The third-order valence-electron chi connectivity index (χ3n) is 5.14. The zero-order valence-electron chi connectivity index (χ0n) is 12.3. The average molecular weight is 305 g/mol. The summed E-state index contributed by atoms with van der Waals surface area (Å²) in [6.07, 6.45) is 5.14. The lowest BCUT2D eigenvalue weighted by Crippen LogP contribution is -1.97. The molecule has 2 aliphatic rings. The highest BCUT2D eigenvalue weighted by Crippen LogP contribution is 2.57. The van der Waals surface area contributed by atoms with Crippen LogP contribution in [0.15, 0.2) is 48.6 Å². The van der Waals surface area contributed by atoms with E-state index in [4.69, 9.17) is 0 Å². The molecule has 2 aromatic carbocycles. The zero-order chi connectivity index (χ0) is 15.7. The number of nitrogens with zero attached hydrogens (tertiary/aromatic N) is 1. The molecular formula is C19H15NO3. The number of rotatable bonds is 1. The highest BCUT2D eigenvalue weighted by molar-refractivity contribution is 5.95. The van der Waals surface area contributed by atoms with E-state index in [1.165, 1.54) is 4.57 Å². The molecule has 0 saturated heterocycles. The van der Waals surface area contributed by atoms with Crippen molar-refractivity contribution in [2.45, 2.75) is 18.3 Å². The molecule has 2 atom stereocenters. The highest BCUT2D eigenvalue weighted by Gasteiger charge is 2.41. The van der Waals surface area contributed by atoms with Gasteiger partial charge in [-0.05, 0) is 18.6 Å². The Hall–Kier alpha value is -2.88. The monoisotopic (exact) mass is 305 g/mol. The summed E-state index contributed by atoms with van der Waals surface area (Å²) in [5, 5.41) is 33.0. The predicted octanol–water partition coefficient (Wildman–Crippen LogP) is 3.89. The Balaban J connectivity index is 1.84. The summed E-state index contributed by atoms with van der Waals surface area (Å²) in [6, 6.07) is 10.7. The van der Waals surface area contributed by atoms with Crippen molar-refractivity contribution in [1.82, 2.24) is 4.57 Å². The molecule has 4 heteroatoms. The van der Waals surface area contributed by atoms with Gasteiger partial charge in [-0.25, -0.2) is 0 Å². The van der Waals surface area contributed by atoms with Gasteiger partial charge >= 0.3 is 0 Å². The molecule has 0 unspecified atom stereocenters. The van der Waals surface area contributed by atoms with Crippen LogP contribution in [0, 0.1) is 0 Å². The Morgan fingerprint density at radius 1 is 0.783 bits per heavy atom. The standard InChI is InChI=1S/C19H15NO3/c21-15-8-7-14(12-3-1-2-4-13(12)15)20-18(22)16-10-5-6-11(9-10)17(16)19(20)23/h1-8,10-11,21-23H,9H2/t10-,11+. The van der Waals surface area contributed by atoms with Crippen LogP contribution < -0.4 is 0 Å². The Kier molecular flexibility index (Phi) is 2.25. The van der Waals surface area contributed by atoms with E-state index in [1.807, 2.05) is 24.3 Å². The third-order valence-corrected chi connectivity index (χ3v) is 5.14. The van der Waals surface area contributed by atoms with Crippen LogP contribution in [-0.4, -0.2) is 19.9 Å². The zero-order valence-corrected chi connectivity index (χ0v) is 12.3. The molecule has 3 aromatic rings. The molecule has 2 bridgehead atoms. The summed E-state index contributed by atoms with van der Waals surface area (Å²) < 4.78 is 1.50. The van der Waals surface area contributed by atoms with Crippen LogP contribution in [0.4, 0.5) is 0 Å². The van der Waals surface area contributed by atoms with Gasteiger partial charge in [-0.3, -0.25) is 4.57 Å². The number of phenols is 1. The van der Waals surface area contributed by atoms with Crippen molar-refractivity contribution in [2.24, 2.45) is 0 Å². The van der Waals surface area contributed by atoms with Crippen molar-refractivity contribution in [2.75, 3.05) is 0 Å². The van der Waals surface area contributed by atoms with Gasteiger partial charge in [0.25, 0.3) is 0 Å². The number of phenolic OH excluding ortho intramolecular Hbond substituents is 1. The number of aromatic hydroxyl groups is 3.